The van der Waals surface area contributed by atoms with E-state index in [9.17, 15) is 0 Å². The number of anilines is 1. The molecular formula is C13H21N3. The number of rotatable bonds is 4. The summed E-state index contributed by atoms with van der Waals surface area (Å²) in [6, 6.07) is 0. The number of nitrogens with zero attached hydrogens (tertiary/aromatic N) is 2. The minimum Gasteiger partial charge on any atom is -0.384 e. The molecule has 0 bridgehead atoms. The molecule has 16 heavy (non-hydrogen) atoms. The molecule has 3 heteroatoms. The fourth-order valence-electron chi connectivity index (χ4n) is 2.60. The predicted octanol–water partition coefficient (Wildman–Crippen LogP) is 3.02. The smallest absolute Gasteiger partial charge is 0.127 e. The highest BCUT2D eigenvalue weighted by Crippen LogP contribution is 2.44. The molecule has 2 N–H and O–H groups in total. The topological polar surface area (TPSA) is 43.8 Å². The number of nitrogens with two attached hydrogens (primary N) is 1. The van der Waals surface area contributed by atoms with Gasteiger partial charge in [0.1, 0.15) is 11.6 Å². The fourth-order valence-corrected chi connectivity index (χ4v) is 2.60. The lowest BCUT2D eigenvalue weighted by Crippen LogP contribution is -2.12. The van der Waals surface area contributed by atoms with Gasteiger partial charge in [0.2, 0.25) is 0 Å². The number of nitrogen functional groups attached to an aromatic ring is 1. The van der Waals surface area contributed by atoms with E-state index in [1.165, 1.54) is 43.6 Å². The van der Waals surface area contributed by atoms with Gasteiger partial charge in [0.05, 0.1) is 5.69 Å². The van der Waals surface area contributed by atoms with Crippen molar-refractivity contribution >= 4 is 5.82 Å². The Balaban J connectivity index is 1.95. The fraction of sp³-hybridized carbons (Fsp3) is 0.769. The van der Waals surface area contributed by atoms with Crippen molar-refractivity contribution in [3.63, 3.8) is 0 Å². The largest absolute Gasteiger partial charge is 0.384 e. The summed E-state index contributed by atoms with van der Waals surface area (Å²) in [5.74, 6) is 3.62. The molecule has 3 rings (SSSR count). The van der Waals surface area contributed by atoms with E-state index in [4.69, 9.17) is 10.7 Å². The highest BCUT2D eigenvalue weighted by atomic mass is 15.2. The molecule has 2 fully saturated rings. The molecule has 88 valence electrons. The molecule has 0 amide bonds. The number of aromatic nitrogens is 2. The summed E-state index contributed by atoms with van der Waals surface area (Å²) in [4.78, 5) is 4.85. The summed E-state index contributed by atoms with van der Waals surface area (Å²) in [5.41, 5.74) is 7.48. The molecule has 2 saturated carbocycles. The zero-order valence-electron chi connectivity index (χ0n) is 10.1. The SMILES string of the molecule is CCCn1c(C2CC2)nc(C2CCC2)c1N. The van der Waals surface area contributed by atoms with Crippen LogP contribution in [0.2, 0.25) is 0 Å². The first kappa shape index (κ1) is 10.2. The first-order valence-corrected chi connectivity index (χ1v) is 6.67. The van der Waals surface area contributed by atoms with E-state index >= 15 is 0 Å². The molecule has 0 atom stereocenters. The Morgan fingerprint density at radius 3 is 2.50 bits per heavy atom. The molecule has 0 radical (unpaired) electrons. The van der Waals surface area contributed by atoms with E-state index in [1.807, 2.05) is 0 Å². The van der Waals surface area contributed by atoms with Crippen LogP contribution < -0.4 is 5.73 Å². The van der Waals surface area contributed by atoms with Crippen molar-refractivity contribution in [3.8, 4) is 0 Å². The Bertz CT molecular complexity index is 386. The standard InChI is InChI=1S/C13H21N3/c1-2-8-16-12(14)11(9-4-3-5-9)15-13(16)10-6-7-10/h9-10H,2-8,14H2,1H3. The van der Waals surface area contributed by atoms with Crippen molar-refractivity contribution in [2.45, 2.75) is 63.8 Å². The molecule has 0 saturated heterocycles. The number of imidazole rings is 1. The highest BCUT2D eigenvalue weighted by Gasteiger charge is 2.33. The van der Waals surface area contributed by atoms with E-state index in [-0.39, 0.29) is 0 Å². The second-order valence-electron chi connectivity index (χ2n) is 5.29. The van der Waals surface area contributed by atoms with Crippen LogP contribution in [0.5, 0.6) is 0 Å². The van der Waals surface area contributed by atoms with Gasteiger partial charge in [0, 0.05) is 18.4 Å². The Labute approximate surface area is 97.0 Å². The van der Waals surface area contributed by atoms with Gasteiger partial charge in [0.15, 0.2) is 0 Å². The number of hydrogen-bond acceptors (Lipinski definition) is 2. The first-order chi connectivity index (χ1) is 7.81. The second kappa shape index (κ2) is 3.79. The van der Waals surface area contributed by atoms with Gasteiger partial charge in [-0.3, -0.25) is 0 Å². The van der Waals surface area contributed by atoms with Crippen molar-refractivity contribution < 1.29 is 0 Å². The van der Waals surface area contributed by atoms with Crippen molar-refractivity contribution in [2.24, 2.45) is 0 Å². The third-order valence-corrected chi connectivity index (χ3v) is 3.95. The van der Waals surface area contributed by atoms with Gasteiger partial charge in [-0.2, -0.15) is 0 Å². The summed E-state index contributed by atoms with van der Waals surface area (Å²) in [6.07, 6.45) is 7.69. The summed E-state index contributed by atoms with van der Waals surface area (Å²) in [5, 5.41) is 0. The zero-order valence-corrected chi connectivity index (χ0v) is 10.1. The molecule has 1 aromatic rings. The summed E-state index contributed by atoms with van der Waals surface area (Å²) >= 11 is 0. The molecule has 1 aromatic heterocycles. The van der Waals surface area contributed by atoms with Gasteiger partial charge in [-0.05, 0) is 32.1 Å². The zero-order chi connectivity index (χ0) is 11.1. The van der Waals surface area contributed by atoms with Gasteiger partial charge >= 0.3 is 0 Å². The Morgan fingerprint density at radius 2 is 2.00 bits per heavy atom. The molecule has 0 aliphatic heterocycles. The lowest BCUT2D eigenvalue weighted by atomic mass is 9.83. The van der Waals surface area contributed by atoms with E-state index in [2.05, 4.69) is 11.5 Å². The van der Waals surface area contributed by atoms with Crippen molar-refractivity contribution in [3.05, 3.63) is 11.5 Å². The molecule has 2 aliphatic rings. The number of hydrogen-bond donors (Lipinski definition) is 1. The summed E-state index contributed by atoms with van der Waals surface area (Å²) in [7, 11) is 0. The molecule has 2 aliphatic carbocycles. The van der Waals surface area contributed by atoms with Gasteiger partial charge in [-0.25, -0.2) is 4.98 Å². The van der Waals surface area contributed by atoms with Crippen LogP contribution in [0.1, 0.15) is 68.8 Å². The van der Waals surface area contributed by atoms with Gasteiger partial charge in [-0.15, -0.1) is 0 Å². The Hall–Kier alpha value is -0.990. The van der Waals surface area contributed by atoms with E-state index in [0.29, 0.717) is 11.8 Å². The molecule has 3 nitrogen and oxygen atoms in total. The van der Waals surface area contributed by atoms with Crippen molar-refractivity contribution in [2.75, 3.05) is 5.73 Å². The van der Waals surface area contributed by atoms with Crippen molar-refractivity contribution in [1.29, 1.82) is 0 Å². The molecular weight excluding hydrogens is 198 g/mol. The van der Waals surface area contributed by atoms with Gasteiger partial charge in [0.25, 0.3) is 0 Å². The maximum atomic E-state index is 6.27. The van der Waals surface area contributed by atoms with Crippen LogP contribution in [-0.4, -0.2) is 9.55 Å². The van der Waals surface area contributed by atoms with Gasteiger partial charge < -0.3 is 10.3 Å². The molecule has 0 spiro atoms. The maximum absolute atomic E-state index is 6.27. The van der Waals surface area contributed by atoms with Gasteiger partial charge in [-0.1, -0.05) is 13.3 Å². The third kappa shape index (κ3) is 1.53. The molecule has 0 aromatic carbocycles. The summed E-state index contributed by atoms with van der Waals surface area (Å²) in [6.45, 7) is 3.25. The normalized spacial score (nSPS) is 21.1. The summed E-state index contributed by atoms with van der Waals surface area (Å²) < 4.78 is 2.28. The van der Waals surface area contributed by atoms with Crippen LogP contribution in [0.4, 0.5) is 5.82 Å². The monoisotopic (exact) mass is 219 g/mol. The van der Waals surface area contributed by atoms with Crippen LogP contribution in [0.3, 0.4) is 0 Å². The van der Waals surface area contributed by atoms with Crippen molar-refractivity contribution in [1.82, 2.24) is 9.55 Å². The Morgan fingerprint density at radius 1 is 1.25 bits per heavy atom. The second-order valence-corrected chi connectivity index (χ2v) is 5.29. The minimum atomic E-state index is 0.663. The average Bonchev–Trinajstić information content (AvgIpc) is 2.97. The maximum Gasteiger partial charge on any atom is 0.127 e. The van der Waals surface area contributed by atoms with E-state index in [0.717, 1.165) is 18.8 Å². The van der Waals surface area contributed by atoms with E-state index < -0.39 is 0 Å². The minimum absolute atomic E-state index is 0.663. The lowest BCUT2D eigenvalue weighted by Gasteiger charge is -2.24. The van der Waals surface area contributed by atoms with Crippen LogP contribution in [0.15, 0.2) is 0 Å². The van der Waals surface area contributed by atoms with Crippen LogP contribution >= 0.6 is 0 Å². The highest BCUT2D eigenvalue weighted by molar-refractivity contribution is 5.42. The molecule has 1 heterocycles. The van der Waals surface area contributed by atoms with Crippen LogP contribution in [0, 0.1) is 0 Å². The quantitative estimate of drug-likeness (QED) is 0.846. The van der Waals surface area contributed by atoms with Crippen LogP contribution in [-0.2, 0) is 6.54 Å². The predicted molar refractivity (Wildman–Crippen MR) is 65.5 cm³/mol. The van der Waals surface area contributed by atoms with E-state index in [1.54, 1.807) is 0 Å². The third-order valence-electron chi connectivity index (χ3n) is 3.95. The Kier molecular flexibility index (Phi) is 2.41. The first-order valence-electron chi connectivity index (χ1n) is 6.67. The average molecular weight is 219 g/mol. The lowest BCUT2D eigenvalue weighted by molar-refractivity contribution is 0.413. The molecule has 0 unspecified atom stereocenters. The van der Waals surface area contributed by atoms with Crippen LogP contribution in [0.25, 0.3) is 0 Å².